The molecule has 4 nitrogen and oxygen atoms in total. The summed E-state index contributed by atoms with van der Waals surface area (Å²) in [5, 5.41) is 3.41. The first-order valence-corrected chi connectivity index (χ1v) is 7.25. The maximum atomic E-state index is 12.8. The third-order valence-corrected chi connectivity index (χ3v) is 4.78. The quantitative estimate of drug-likeness (QED) is 0.813. The van der Waals surface area contributed by atoms with E-state index in [1.165, 1.54) is 0 Å². The molecule has 2 unspecified atom stereocenters. The number of nitrogens with one attached hydrogen (secondary N) is 1. The highest BCUT2D eigenvalue weighted by atomic mass is 16.2. The fourth-order valence-electron chi connectivity index (χ4n) is 3.29. The molecular formula is C14H27N3O. The Labute approximate surface area is 111 Å². The SMILES string of the molecule is CCC1(C(=O)N2CCC(N(C)C)C2)CCCNC1. The molecule has 2 fully saturated rings. The van der Waals surface area contributed by atoms with Crippen LogP contribution in [-0.4, -0.2) is 62.0 Å². The van der Waals surface area contributed by atoms with Gasteiger partial charge in [-0.3, -0.25) is 4.79 Å². The van der Waals surface area contributed by atoms with Gasteiger partial charge in [0.1, 0.15) is 0 Å². The minimum absolute atomic E-state index is 0.126. The zero-order chi connectivity index (χ0) is 13.2. The van der Waals surface area contributed by atoms with Gasteiger partial charge in [-0.25, -0.2) is 0 Å². The molecular weight excluding hydrogens is 226 g/mol. The molecule has 2 aliphatic rings. The van der Waals surface area contributed by atoms with Crippen LogP contribution in [0.4, 0.5) is 0 Å². The van der Waals surface area contributed by atoms with Crippen LogP contribution >= 0.6 is 0 Å². The Morgan fingerprint density at radius 3 is 2.78 bits per heavy atom. The number of rotatable bonds is 3. The fraction of sp³-hybridized carbons (Fsp3) is 0.929. The summed E-state index contributed by atoms with van der Waals surface area (Å²) in [7, 11) is 4.22. The predicted octanol–water partition coefficient (Wildman–Crippen LogP) is 0.929. The first-order chi connectivity index (χ1) is 8.59. The number of likely N-dealkylation sites (tertiary alicyclic amines) is 1. The molecule has 4 heteroatoms. The van der Waals surface area contributed by atoms with E-state index in [2.05, 4.69) is 36.1 Å². The van der Waals surface area contributed by atoms with Gasteiger partial charge in [-0.15, -0.1) is 0 Å². The average Bonchev–Trinajstić information content (AvgIpc) is 2.88. The number of likely N-dealkylation sites (N-methyl/N-ethyl adjacent to an activating group) is 1. The molecule has 0 radical (unpaired) electrons. The second-order valence-corrected chi connectivity index (χ2v) is 6.07. The summed E-state index contributed by atoms with van der Waals surface area (Å²) in [6.45, 7) is 5.93. The maximum absolute atomic E-state index is 12.8. The monoisotopic (exact) mass is 253 g/mol. The summed E-state index contributed by atoms with van der Waals surface area (Å²) >= 11 is 0. The Kier molecular flexibility index (Phi) is 4.28. The lowest BCUT2D eigenvalue weighted by molar-refractivity contribution is -0.142. The van der Waals surface area contributed by atoms with E-state index in [4.69, 9.17) is 0 Å². The van der Waals surface area contributed by atoms with Crippen molar-refractivity contribution in [3.63, 3.8) is 0 Å². The Bertz CT molecular complexity index is 297. The van der Waals surface area contributed by atoms with Crippen molar-refractivity contribution in [1.82, 2.24) is 15.1 Å². The lowest BCUT2D eigenvalue weighted by atomic mass is 9.77. The van der Waals surface area contributed by atoms with Gasteiger partial charge in [0, 0.05) is 25.7 Å². The van der Waals surface area contributed by atoms with Crippen molar-refractivity contribution < 1.29 is 4.79 Å². The molecule has 2 rings (SSSR count). The van der Waals surface area contributed by atoms with Crippen molar-refractivity contribution in [3.05, 3.63) is 0 Å². The molecule has 0 aromatic heterocycles. The lowest BCUT2D eigenvalue weighted by Gasteiger charge is -2.38. The lowest BCUT2D eigenvalue weighted by Crippen LogP contribution is -2.51. The van der Waals surface area contributed by atoms with Crippen LogP contribution in [0.1, 0.15) is 32.6 Å². The van der Waals surface area contributed by atoms with Crippen molar-refractivity contribution in [2.45, 2.75) is 38.6 Å². The largest absolute Gasteiger partial charge is 0.341 e. The van der Waals surface area contributed by atoms with Gasteiger partial charge in [0.2, 0.25) is 5.91 Å². The van der Waals surface area contributed by atoms with E-state index in [0.29, 0.717) is 11.9 Å². The van der Waals surface area contributed by atoms with Gasteiger partial charge in [0.15, 0.2) is 0 Å². The first-order valence-electron chi connectivity index (χ1n) is 7.25. The summed E-state index contributed by atoms with van der Waals surface area (Å²) in [4.78, 5) is 17.1. The number of nitrogens with zero attached hydrogens (tertiary/aromatic N) is 2. The first kappa shape index (κ1) is 13.8. The standard InChI is InChI=1S/C14H27N3O/c1-4-14(7-5-8-15-11-14)13(18)17-9-6-12(10-17)16(2)3/h12,15H,4-11H2,1-3H3. The molecule has 104 valence electrons. The van der Waals surface area contributed by atoms with Crippen LogP contribution in [-0.2, 0) is 4.79 Å². The van der Waals surface area contributed by atoms with Crippen LogP contribution in [0.2, 0.25) is 0 Å². The average molecular weight is 253 g/mol. The minimum atomic E-state index is -0.126. The Morgan fingerprint density at radius 2 is 2.28 bits per heavy atom. The molecule has 0 spiro atoms. The third-order valence-electron chi connectivity index (χ3n) is 4.78. The normalized spacial score (nSPS) is 33.1. The molecule has 0 saturated carbocycles. The number of amides is 1. The molecule has 0 aromatic carbocycles. The van der Waals surface area contributed by atoms with Crippen LogP contribution in [0, 0.1) is 5.41 Å². The van der Waals surface area contributed by atoms with Crippen LogP contribution in [0.25, 0.3) is 0 Å². The molecule has 2 atom stereocenters. The topological polar surface area (TPSA) is 35.6 Å². The summed E-state index contributed by atoms with van der Waals surface area (Å²) < 4.78 is 0. The predicted molar refractivity (Wildman–Crippen MR) is 73.5 cm³/mol. The number of carbonyl (C=O) groups excluding carboxylic acids is 1. The summed E-state index contributed by atoms with van der Waals surface area (Å²) in [5.74, 6) is 0.390. The van der Waals surface area contributed by atoms with E-state index in [-0.39, 0.29) is 5.41 Å². The van der Waals surface area contributed by atoms with Crippen molar-refractivity contribution in [2.75, 3.05) is 40.3 Å². The summed E-state index contributed by atoms with van der Waals surface area (Å²) in [6, 6.07) is 0.541. The van der Waals surface area contributed by atoms with E-state index < -0.39 is 0 Å². The molecule has 0 bridgehead atoms. The highest BCUT2D eigenvalue weighted by Gasteiger charge is 2.42. The zero-order valence-corrected chi connectivity index (χ0v) is 12.0. The van der Waals surface area contributed by atoms with Gasteiger partial charge in [-0.2, -0.15) is 0 Å². The minimum Gasteiger partial charge on any atom is -0.341 e. The Morgan fingerprint density at radius 1 is 1.50 bits per heavy atom. The molecule has 2 aliphatic heterocycles. The molecule has 0 aliphatic carbocycles. The van der Waals surface area contributed by atoms with Gasteiger partial charge >= 0.3 is 0 Å². The molecule has 2 heterocycles. The van der Waals surface area contributed by atoms with Gasteiger partial charge in [0.25, 0.3) is 0 Å². The second-order valence-electron chi connectivity index (χ2n) is 6.07. The molecule has 0 aromatic rings. The fourth-order valence-corrected chi connectivity index (χ4v) is 3.29. The summed E-state index contributed by atoms with van der Waals surface area (Å²) in [6.07, 6.45) is 4.26. The highest BCUT2D eigenvalue weighted by molar-refractivity contribution is 5.83. The van der Waals surface area contributed by atoms with Gasteiger partial charge in [-0.1, -0.05) is 6.92 Å². The molecule has 2 saturated heterocycles. The van der Waals surface area contributed by atoms with Crippen LogP contribution in [0.5, 0.6) is 0 Å². The number of carbonyl (C=O) groups is 1. The van der Waals surface area contributed by atoms with Gasteiger partial charge in [0.05, 0.1) is 5.41 Å². The second kappa shape index (κ2) is 5.57. The molecule has 18 heavy (non-hydrogen) atoms. The molecule has 1 amide bonds. The summed E-state index contributed by atoms with van der Waals surface area (Å²) in [5.41, 5.74) is -0.126. The smallest absolute Gasteiger partial charge is 0.230 e. The number of hydrogen-bond acceptors (Lipinski definition) is 3. The van der Waals surface area contributed by atoms with E-state index in [9.17, 15) is 4.79 Å². The highest BCUT2D eigenvalue weighted by Crippen LogP contribution is 2.33. The maximum Gasteiger partial charge on any atom is 0.230 e. The number of hydrogen-bond donors (Lipinski definition) is 1. The van der Waals surface area contributed by atoms with Crippen molar-refractivity contribution >= 4 is 5.91 Å². The van der Waals surface area contributed by atoms with Gasteiger partial charge < -0.3 is 15.1 Å². The van der Waals surface area contributed by atoms with Crippen LogP contribution < -0.4 is 5.32 Å². The van der Waals surface area contributed by atoms with Crippen LogP contribution in [0.3, 0.4) is 0 Å². The van der Waals surface area contributed by atoms with E-state index in [0.717, 1.165) is 51.9 Å². The third kappa shape index (κ3) is 2.54. The van der Waals surface area contributed by atoms with Crippen LogP contribution in [0.15, 0.2) is 0 Å². The Balaban J connectivity index is 2.02. The van der Waals surface area contributed by atoms with Gasteiger partial charge in [-0.05, 0) is 46.3 Å². The zero-order valence-electron chi connectivity index (χ0n) is 12.0. The van der Waals surface area contributed by atoms with E-state index in [1.54, 1.807) is 0 Å². The van der Waals surface area contributed by atoms with E-state index in [1.807, 2.05) is 0 Å². The van der Waals surface area contributed by atoms with Crippen molar-refractivity contribution in [3.8, 4) is 0 Å². The number of piperidine rings is 1. The molecule has 1 N–H and O–H groups in total. The van der Waals surface area contributed by atoms with E-state index >= 15 is 0 Å². The Hall–Kier alpha value is -0.610. The van der Waals surface area contributed by atoms with Crippen molar-refractivity contribution in [2.24, 2.45) is 5.41 Å². The van der Waals surface area contributed by atoms with Crippen molar-refractivity contribution in [1.29, 1.82) is 0 Å².